The SMILES string of the molecule is O=C(C[C@@H]1CCS(=O)(=O)C1)N1CCN(c2ccccc2)CC1. The normalized spacial score (nSPS) is 24.5. The number of nitrogens with zero attached hydrogens (tertiary/aromatic N) is 2. The maximum absolute atomic E-state index is 12.3. The first-order valence-electron chi connectivity index (χ1n) is 7.82. The number of rotatable bonds is 3. The molecule has 6 heteroatoms. The van der Waals surface area contributed by atoms with Crippen molar-refractivity contribution in [3.8, 4) is 0 Å². The fraction of sp³-hybridized carbons (Fsp3) is 0.562. The van der Waals surface area contributed by atoms with Crippen molar-refractivity contribution in [1.82, 2.24) is 4.90 Å². The minimum Gasteiger partial charge on any atom is -0.368 e. The van der Waals surface area contributed by atoms with Crippen molar-refractivity contribution in [2.45, 2.75) is 12.8 Å². The van der Waals surface area contributed by atoms with E-state index in [2.05, 4.69) is 17.0 Å². The molecule has 0 radical (unpaired) electrons. The van der Waals surface area contributed by atoms with Gasteiger partial charge < -0.3 is 9.80 Å². The van der Waals surface area contributed by atoms with Crippen molar-refractivity contribution in [2.24, 2.45) is 5.92 Å². The average Bonchev–Trinajstić information content (AvgIpc) is 2.87. The van der Waals surface area contributed by atoms with Crippen LogP contribution in [0, 0.1) is 5.92 Å². The van der Waals surface area contributed by atoms with E-state index in [4.69, 9.17) is 0 Å². The number of benzene rings is 1. The van der Waals surface area contributed by atoms with E-state index in [0.717, 1.165) is 13.1 Å². The van der Waals surface area contributed by atoms with E-state index < -0.39 is 9.84 Å². The van der Waals surface area contributed by atoms with Crippen LogP contribution in [0.15, 0.2) is 30.3 Å². The van der Waals surface area contributed by atoms with E-state index in [1.807, 2.05) is 23.1 Å². The molecule has 0 unspecified atom stereocenters. The minimum atomic E-state index is -2.90. The van der Waals surface area contributed by atoms with E-state index >= 15 is 0 Å². The van der Waals surface area contributed by atoms with Crippen LogP contribution in [0.3, 0.4) is 0 Å². The third-order valence-corrected chi connectivity index (χ3v) is 6.38. The van der Waals surface area contributed by atoms with Gasteiger partial charge in [0.15, 0.2) is 9.84 Å². The van der Waals surface area contributed by atoms with Crippen LogP contribution in [0.25, 0.3) is 0 Å². The average molecular weight is 322 g/mol. The summed E-state index contributed by atoms with van der Waals surface area (Å²) in [5, 5.41) is 0. The number of hydrogen-bond donors (Lipinski definition) is 0. The maximum atomic E-state index is 12.3. The predicted molar refractivity (Wildman–Crippen MR) is 86.6 cm³/mol. The van der Waals surface area contributed by atoms with Crippen LogP contribution in [0.2, 0.25) is 0 Å². The summed E-state index contributed by atoms with van der Waals surface area (Å²) >= 11 is 0. The quantitative estimate of drug-likeness (QED) is 0.838. The highest BCUT2D eigenvalue weighted by Gasteiger charge is 2.31. The van der Waals surface area contributed by atoms with Crippen molar-refractivity contribution in [3.63, 3.8) is 0 Å². The first-order chi connectivity index (χ1) is 10.5. The number of carbonyl (C=O) groups excluding carboxylic acids is 1. The number of hydrogen-bond acceptors (Lipinski definition) is 4. The summed E-state index contributed by atoms with van der Waals surface area (Å²) in [6, 6.07) is 10.2. The van der Waals surface area contributed by atoms with Crippen LogP contribution in [-0.2, 0) is 14.6 Å². The maximum Gasteiger partial charge on any atom is 0.223 e. The van der Waals surface area contributed by atoms with Crippen LogP contribution in [0.1, 0.15) is 12.8 Å². The molecule has 2 aliphatic heterocycles. The molecular weight excluding hydrogens is 300 g/mol. The van der Waals surface area contributed by atoms with Gasteiger partial charge in [-0.3, -0.25) is 4.79 Å². The Labute approximate surface area is 131 Å². The molecule has 0 bridgehead atoms. The van der Waals surface area contributed by atoms with Gasteiger partial charge in [-0.1, -0.05) is 18.2 Å². The molecule has 0 saturated carbocycles. The zero-order chi connectivity index (χ0) is 15.6. The number of anilines is 1. The second-order valence-electron chi connectivity index (χ2n) is 6.18. The summed E-state index contributed by atoms with van der Waals surface area (Å²) < 4.78 is 22.9. The topological polar surface area (TPSA) is 57.7 Å². The first-order valence-corrected chi connectivity index (χ1v) is 9.64. The molecule has 2 saturated heterocycles. The Morgan fingerprint density at radius 2 is 1.77 bits per heavy atom. The molecular formula is C16H22N2O3S. The van der Waals surface area contributed by atoms with Gasteiger partial charge in [0.25, 0.3) is 0 Å². The van der Waals surface area contributed by atoms with Gasteiger partial charge in [0.05, 0.1) is 11.5 Å². The van der Waals surface area contributed by atoms with Crippen molar-refractivity contribution in [2.75, 3.05) is 42.6 Å². The van der Waals surface area contributed by atoms with Gasteiger partial charge in [-0.05, 0) is 24.5 Å². The highest BCUT2D eigenvalue weighted by Crippen LogP contribution is 2.23. The fourth-order valence-electron chi connectivity index (χ4n) is 3.26. The Morgan fingerprint density at radius 1 is 1.09 bits per heavy atom. The largest absolute Gasteiger partial charge is 0.368 e. The molecule has 5 nitrogen and oxygen atoms in total. The Kier molecular flexibility index (Phi) is 4.38. The van der Waals surface area contributed by atoms with Gasteiger partial charge in [0.2, 0.25) is 5.91 Å². The molecule has 22 heavy (non-hydrogen) atoms. The van der Waals surface area contributed by atoms with Gasteiger partial charge >= 0.3 is 0 Å². The molecule has 2 fully saturated rings. The molecule has 2 heterocycles. The van der Waals surface area contributed by atoms with Gasteiger partial charge in [0.1, 0.15) is 0 Å². The van der Waals surface area contributed by atoms with Gasteiger partial charge in [-0.15, -0.1) is 0 Å². The van der Waals surface area contributed by atoms with Crippen molar-refractivity contribution in [3.05, 3.63) is 30.3 Å². The molecule has 120 valence electrons. The zero-order valence-corrected chi connectivity index (χ0v) is 13.5. The minimum absolute atomic E-state index is 0.0182. The molecule has 0 aliphatic carbocycles. The first kappa shape index (κ1) is 15.3. The highest BCUT2D eigenvalue weighted by atomic mass is 32.2. The van der Waals surface area contributed by atoms with E-state index in [-0.39, 0.29) is 23.3 Å². The van der Waals surface area contributed by atoms with Gasteiger partial charge in [0, 0.05) is 38.3 Å². The van der Waals surface area contributed by atoms with E-state index in [1.165, 1.54) is 5.69 Å². The summed E-state index contributed by atoms with van der Waals surface area (Å²) in [5.74, 6) is 0.551. The van der Waals surface area contributed by atoms with Crippen LogP contribution in [0.4, 0.5) is 5.69 Å². The van der Waals surface area contributed by atoms with Gasteiger partial charge in [-0.2, -0.15) is 0 Å². The summed E-state index contributed by atoms with van der Waals surface area (Å²) in [5.41, 5.74) is 1.19. The highest BCUT2D eigenvalue weighted by molar-refractivity contribution is 7.91. The third kappa shape index (κ3) is 3.61. The summed E-state index contributed by atoms with van der Waals surface area (Å²) in [6.07, 6.45) is 1.02. The number of sulfone groups is 1. The summed E-state index contributed by atoms with van der Waals surface area (Å²) in [7, 11) is -2.90. The Balaban J connectivity index is 1.50. The Bertz CT molecular complexity index is 622. The molecule has 1 aromatic rings. The lowest BCUT2D eigenvalue weighted by Gasteiger charge is -2.36. The summed E-state index contributed by atoms with van der Waals surface area (Å²) in [6.45, 7) is 3.10. The number of piperazine rings is 1. The van der Waals surface area contributed by atoms with Crippen molar-refractivity contribution in [1.29, 1.82) is 0 Å². The lowest BCUT2D eigenvalue weighted by molar-refractivity contribution is -0.132. The summed E-state index contributed by atoms with van der Waals surface area (Å²) in [4.78, 5) is 16.5. The number of amides is 1. The van der Waals surface area contributed by atoms with Crippen LogP contribution in [-0.4, -0.2) is 56.9 Å². The van der Waals surface area contributed by atoms with E-state index in [1.54, 1.807) is 0 Å². The van der Waals surface area contributed by atoms with Crippen LogP contribution < -0.4 is 4.90 Å². The lowest BCUT2D eigenvalue weighted by atomic mass is 10.0. The fourth-order valence-corrected chi connectivity index (χ4v) is 5.12. The predicted octanol–water partition coefficient (Wildman–Crippen LogP) is 1.16. The van der Waals surface area contributed by atoms with E-state index in [9.17, 15) is 13.2 Å². The van der Waals surface area contributed by atoms with Crippen molar-refractivity contribution < 1.29 is 13.2 Å². The third-order valence-electron chi connectivity index (χ3n) is 4.54. The molecule has 0 aromatic heterocycles. The molecule has 0 spiro atoms. The lowest BCUT2D eigenvalue weighted by Crippen LogP contribution is -2.49. The van der Waals surface area contributed by atoms with Gasteiger partial charge in [-0.25, -0.2) is 8.42 Å². The number of para-hydroxylation sites is 1. The Morgan fingerprint density at radius 3 is 2.36 bits per heavy atom. The second-order valence-corrected chi connectivity index (χ2v) is 8.41. The molecule has 0 N–H and O–H groups in total. The monoisotopic (exact) mass is 322 g/mol. The van der Waals surface area contributed by atoms with Crippen molar-refractivity contribution >= 4 is 21.4 Å². The molecule has 3 rings (SSSR count). The molecule has 2 aliphatic rings. The molecule has 1 aromatic carbocycles. The standard InChI is InChI=1S/C16H22N2O3S/c19-16(12-14-6-11-22(20,21)13-14)18-9-7-17(8-10-18)15-4-2-1-3-5-15/h1-5,14H,6-13H2/t14-/m0/s1. The zero-order valence-electron chi connectivity index (χ0n) is 12.6. The van der Waals surface area contributed by atoms with E-state index in [0.29, 0.717) is 25.9 Å². The second kappa shape index (κ2) is 6.28. The van der Waals surface area contributed by atoms with Crippen LogP contribution >= 0.6 is 0 Å². The smallest absolute Gasteiger partial charge is 0.223 e. The Hall–Kier alpha value is -1.56. The molecule has 1 amide bonds. The van der Waals surface area contributed by atoms with Crippen LogP contribution in [0.5, 0.6) is 0 Å². The molecule has 1 atom stereocenters. The number of carbonyl (C=O) groups is 1.